The van der Waals surface area contributed by atoms with Crippen LogP contribution >= 0.6 is 0 Å². The van der Waals surface area contributed by atoms with Crippen LogP contribution in [0.5, 0.6) is 0 Å². The fourth-order valence-electron chi connectivity index (χ4n) is 2.03. The average Bonchev–Trinajstić information content (AvgIpc) is 2.52. The molecule has 1 rings (SSSR count). The van der Waals surface area contributed by atoms with Gasteiger partial charge < -0.3 is 15.4 Å². The van der Waals surface area contributed by atoms with Gasteiger partial charge in [-0.15, -0.1) is 0 Å². The van der Waals surface area contributed by atoms with Crippen LogP contribution in [0.15, 0.2) is 35.3 Å². The number of methoxy groups -OCH3 is 1. The van der Waals surface area contributed by atoms with Crippen LogP contribution in [0, 0.1) is 0 Å². The van der Waals surface area contributed by atoms with Crippen molar-refractivity contribution in [3.05, 3.63) is 35.9 Å². The zero-order valence-corrected chi connectivity index (χ0v) is 13.9. The Bertz CT molecular complexity index is 429. The van der Waals surface area contributed by atoms with Crippen molar-refractivity contribution in [2.45, 2.75) is 38.7 Å². The Morgan fingerprint density at radius 3 is 2.43 bits per heavy atom. The molecule has 0 saturated carbocycles. The molecule has 4 nitrogen and oxygen atoms in total. The van der Waals surface area contributed by atoms with Crippen LogP contribution in [0.3, 0.4) is 0 Å². The average molecular weight is 291 g/mol. The summed E-state index contributed by atoms with van der Waals surface area (Å²) in [5, 5.41) is 6.70. The summed E-state index contributed by atoms with van der Waals surface area (Å²) >= 11 is 0. The number of hydrogen-bond acceptors (Lipinski definition) is 2. The summed E-state index contributed by atoms with van der Waals surface area (Å²) in [5.74, 6) is 1.30. The van der Waals surface area contributed by atoms with Gasteiger partial charge in [-0.3, -0.25) is 4.99 Å². The largest absolute Gasteiger partial charge is 0.377 e. The molecule has 0 heterocycles. The number of benzene rings is 1. The van der Waals surface area contributed by atoms with E-state index in [1.807, 2.05) is 13.8 Å². The van der Waals surface area contributed by atoms with Gasteiger partial charge in [-0.2, -0.15) is 0 Å². The molecule has 0 fully saturated rings. The molecule has 1 unspecified atom stereocenters. The van der Waals surface area contributed by atoms with E-state index in [1.165, 1.54) is 5.56 Å². The van der Waals surface area contributed by atoms with Crippen LogP contribution in [-0.4, -0.2) is 38.8 Å². The summed E-state index contributed by atoms with van der Waals surface area (Å²) in [7, 11) is 3.51. The Kier molecular flexibility index (Phi) is 7.23. The van der Waals surface area contributed by atoms with Crippen molar-refractivity contribution in [2.75, 3.05) is 27.2 Å². The predicted octanol–water partition coefficient (Wildman–Crippen LogP) is 2.77. The maximum atomic E-state index is 5.40. The second-order valence-electron chi connectivity index (χ2n) is 5.79. The molecule has 21 heavy (non-hydrogen) atoms. The van der Waals surface area contributed by atoms with E-state index >= 15 is 0 Å². The normalized spacial score (nSPS) is 13.9. The Morgan fingerprint density at radius 1 is 1.24 bits per heavy atom. The summed E-state index contributed by atoms with van der Waals surface area (Å²) < 4.78 is 5.40. The Hall–Kier alpha value is -1.55. The molecule has 0 amide bonds. The smallest absolute Gasteiger partial charge is 0.191 e. The quantitative estimate of drug-likeness (QED) is 0.600. The molecular formula is C17H29N3O. The molecule has 1 aromatic rings. The number of hydrogen-bond donors (Lipinski definition) is 2. The van der Waals surface area contributed by atoms with Crippen LogP contribution in [-0.2, 0) is 4.74 Å². The van der Waals surface area contributed by atoms with Gasteiger partial charge in [0.05, 0.1) is 5.60 Å². The fraction of sp³-hybridized carbons (Fsp3) is 0.588. The fourth-order valence-corrected chi connectivity index (χ4v) is 2.03. The summed E-state index contributed by atoms with van der Waals surface area (Å²) in [5.41, 5.74) is 1.15. The number of aliphatic imine (C=N–C) groups is 1. The maximum absolute atomic E-state index is 5.40. The van der Waals surface area contributed by atoms with Crippen LogP contribution in [0.25, 0.3) is 0 Å². The molecule has 118 valence electrons. The first-order chi connectivity index (χ1) is 10.0. The molecular weight excluding hydrogens is 262 g/mol. The molecule has 2 N–H and O–H groups in total. The van der Waals surface area contributed by atoms with E-state index in [-0.39, 0.29) is 5.60 Å². The lowest BCUT2D eigenvalue weighted by molar-refractivity contribution is 0.0268. The van der Waals surface area contributed by atoms with Gasteiger partial charge in [-0.1, -0.05) is 37.3 Å². The third-order valence-electron chi connectivity index (χ3n) is 3.74. The highest BCUT2D eigenvalue weighted by Crippen LogP contribution is 2.17. The van der Waals surface area contributed by atoms with Crippen LogP contribution < -0.4 is 10.6 Å². The lowest BCUT2D eigenvalue weighted by Crippen LogP contribution is -2.46. The number of nitrogens with zero attached hydrogens (tertiary/aromatic N) is 1. The third-order valence-corrected chi connectivity index (χ3v) is 3.74. The number of rotatable bonds is 7. The van der Waals surface area contributed by atoms with Gasteiger partial charge in [0.25, 0.3) is 0 Å². The number of ether oxygens (including phenoxy) is 1. The minimum absolute atomic E-state index is 0.207. The highest BCUT2D eigenvalue weighted by atomic mass is 16.5. The summed E-state index contributed by atoms with van der Waals surface area (Å²) in [6.45, 7) is 7.89. The highest BCUT2D eigenvalue weighted by molar-refractivity contribution is 5.79. The lowest BCUT2D eigenvalue weighted by Gasteiger charge is -2.25. The molecule has 0 aliphatic heterocycles. The van der Waals surface area contributed by atoms with E-state index in [9.17, 15) is 0 Å². The first kappa shape index (κ1) is 17.5. The van der Waals surface area contributed by atoms with Crippen molar-refractivity contribution in [3.8, 4) is 0 Å². The number of nitrogens with one attached hydrogen (secondary N) is 2. The molecule has 0 aliphatic carbocycles. The van der Waals surface area contributed by atoms with Gasteiger partial charge in [-0.05, 0) is 25.8 Å². The van der Waals surface area contributed by atoms with Crippen molar-refractivity contribution >= 4 is 5.96 Å². The van der Waals surface area contributed by atoms with Crippen molar-refractivity contribution in [1.29, 1.82) is 0 Å². The molecule has 0 saturated heterocycles. The Morgan fingerprint density at radius 2 is 1.90 bits per heavy atom. The van der Waals surface area contributed by atoms with E-state index < -0.39 is 0 Å². The van der Waals surface area contributed by atoms with Crippen molar-refractivity contribution in [3.63, 3.8) is 0 Å². The van der Waals surface area contributed by atoms with E-state index in [1.54, 1.807) is 14.2 Å². The lowest BCUT2D eigenvalue weighted by atomic mass is 9.97. The predicted molar refractivity (Wildman–Crippen MR) is 89.9 cm³/mol. The molecule has 0 radical (unpaired) electrons. The van der Waals surface area contributed by atoms with Crippen molar-refractivity contribution in [2.24, 2.45) is 4.99 Å². The van der Waals surface area contributed by atoms with Gasteiger partial charge in [0.1, 0.15) is 0 Å². The highest BCUT2D eigenvalue weighted by Gasteiger charge is 2.17. The third kappa shape index (κ3) is 6.17. The molecule has 0 bridgehead atoms. The maximum Gasteiger partial charge on any atom is 0.191 e. The van der Waals surface area contributed by atoms with Gasteiger partial charge in [0, 0.05) is 33.2 Å². The van der Waals surface area contributed by atoms with Crippen molar-refractivity contribution < 1.29 is 4.74 Å². The summed E-state index contributed by atoms with van der Waals surface area (Å²) in [6.07, 6.45) is 1.09. The molecule has 0 aliphatic rings. The molecule has 0 spiro atoms. The van der Waals surface area contributed by atoms with E-state index in [4.69, 9.17) is 4.74 Å². The van der Waals surface area contributed by atoms with Crippen LogP contribution in [0.1, 0.15) is 38.7 Å². The van der Waals surface area contributed by atoms with Gasteiger partial charge in [-0.25, -0.2) is 0 Å². The van der Waals surface area contributed by atoms with Crippen LogP contribution in [0.4, 0.5) is 0 Å². The van der Waals surface area contributed by atoms with Crippen molar-refractivity contribution in [1.82, 2.24) is 10.6 Å². The van der Waals surface area contributed by atoms with Gasteiger partial charge in [0.2, 0.25) is 0 Å². The van der Waals surface area contributed by atoms with E-state index in [2.05, 4.69) is 52.9 Å². The van der Waals surface area contributed by atoms with Gasteiger partial charge >= 0.3 is 0 Å². The monoisotopic (exact) mass is 291 g/mol. The zero-order chi connectivity index (χ0) is 15.7. The second kappa shape index (κ2) is 8.67. The summed E-state index contributed by atoms with van der Waals surface area (Å²) in [4.78, 5) is 4.26. The number of guanidine groups is 1. The zero-order valence-electron chi connectivity index (χ0n) is 13.9. The van der Waals surface area contributed by atoms with Crippen LogP contribution in [0.2, 0.25) is 0 Å². The van der Waals surface area contributed by atoms with E-state index in [0.717, 1.165) is 18.9 Å². The second-order valence-corrected chi connectivity index (χ2v) is 5.79. The Labute approximate surface area is 129 Å². The minimum Gasteiger partial charge on any atom is -0.377 e. The topological polar surface area (TPSA) is 45.7 Å². The van der Waals surface area contributed by atoms with Gasteiger partial charge in [0.15, 0.2) is 5.96 Å². The minimum atomic E-state index is -0.207. The first-order valence-electron chi connectivity index (χ1n) is 7.57. The standard InChI is InChI=1S/C17H29N3O/c1-6-14(15-10-8-7-9-11-15)12-19-16(18-4)20-13-17(2,3)21-5/h7-11,14H,6,12-13H2,1-5H3,(H2,18,19,20). The molecule has 0 aromatic heterocycles. The summed E-state index contributed by atoms with van der Waals surface area (Å²) in [6, 6.07) is 10.6. The van der Waals surface area contributed by atoms with E-state index in [0.29, 0.717) is 12.5 Å². The molecule has 4 heteroatoms. The first-order valence-corrected chi connectivity index (χ1v) is 7.57. The molecule has 1 atom stereocenters. The Balaban J connectivity index is 2.51. The SMILES string of the molecule is CCC(CNC(=NC)NCC(C)(C)OC)c1ccccc1. The molecule has 1 aromatic carbocycles.